The van der Waals surface area contributed by atoms with Crippen LogP contribution < -0.4 is 5.32 Å². The molecule has 15 heavy (non-hydrogen) atoms. The van der Waals surface area contributed by atoms with E-state index in [0.29, 0.717) is 0 Å². The lowest BCUT2D eigenvalue weighted by Crippen LogP contribution is -2.39. The van der Waals surface area contributed by atoms with E-state index in [0.717, 1.165) is 25.1 Å². The van der Waals surface area contributed by atoms with Gasteiger partial charge in [0.25, 0.3) is 0 Å². The Kier molecular flexibility index (Phi) is 4.08. The van der Waals surface area contributed by atoms with E-state index >= 15 is 0 Å². The van der Waals surface area contributed by atoms with Crippen molar-refractivity contribution in [2.45, 2.75) is 19.1 Å². The number of hydrogen-bond donors (Lipinski definition) is 1. The maximum absolute atomic E-state index is 12.6. The lowest BCUT2D eigenvalue weighted by atomic mass is 10.0. The average molecular weight is 232 g/mol. The summed E-state index contributed by atoms with van der Waals surface area (Å²) in [6.45, 7) is 3.65. The summed E-state index contributed by atoms with van der Waals surface area (Å²) >= 11 is 0. The molecule has 1 fully saturated rings. The first kappa shape index (κ1) is 12.4. The molecule has 1 N–H and O–H groups in total. The first-order valence-corrected chi connectivity index (χ1v) is 4.81. The molecule has 4 heteroatoms. The predicted molar refractivity (Wildman–Crippen MR) is 59.7 cm³/mol. The van der Waals surface area contributed by atoms with E-state index in [-0.39, 0.29) is 23.9 Å². The molecule has 84 valence electrons. The van der Waals surface area contributed by atoms with Crippen molar-refractivity contribution in [3.63, 3.8) is 0 Å². The first-order chi connectivity index (χ1) is 6.68. The minimum absolute atomic E-state index is 0. The van der Waals surface area contributed by atoms with Gasteiger partial charge in [-0.1, -0.05) is 12.1 Å². The van der Waals surface area contributed by atoms with Gasteiger partial charge in [0.15, 0.2) is 0 Å². The van der Waals surface area contributed by atoms with Gasteiger partial charge in [-0.15, -0.1) is 12.4 Å². The molecule has 0 spiro atoms. The Balaban J connectivity index is 0.00000112. The Hall–Kier alpha value is -0.640. The Morgan fingerprint density at radius 1 is 1.40 bits per heavy atom. The Morgan fingerprint density at radius 3 is 2.60 bits per heavy atom. The summed E-state index contributed by atoms with van der Waals surface area (Å²) in [5.41, 5.74) is 0.806. The van der Waals surface area contributed by atoms with Gasteiger partial charge in [-0.3, -0.25) is 5.32 Å². The van der Waals surface area contributed by atoms with E-state index in [9.17, 15) is 4.39 Å². The fourth-order valence-electron chi connectivity index (χ4n) is 1.75. The summed E-state index contributed by atoms with van der Waals surface area (Å²) in [5, 5.41) is 3.28. The highest BCUT2D eigenvalue weighted by Crippen LogP contribution is 2.18. The van der Waals surface area contributed by atoms with E-state index in [1.807, 2.05) is 6.92 Å². The monoisotopic (exact) mass is 231 g/mol. The van der Waals surface area contributed by atoms with Crippen LogP contribution in [0, 0.1) is 5.82 Å². The molecule has 0 bridgehead atoms. The molecule has 1 unspecified atom stereocenters. The van der Waals surface area contributed by atoms with Crippen molar-refractivity contribution < 1.29 is 9.13 Å². The quantitative estimate of drug-likeness (QED) is 0.842. The highest BCUT2D eigenvalue weighted by atomic mass is 35.5. The standard InChI is InChI=1S/C11H14FNO.ClH/c1-11(13-6-7-14-11)8-9-2-4-10(12)5-3-9;/h2-5,13H,6-8H2,1H3;1H. The van der Waals surface area contributed by atoms with Crippen LogP contribution in [-0.4, -0.2) is 18.9 Å². The van der Waals surface area contributed by atoms with Crippen LogP contribution in [0.25, 0.3) is 0 Å². The van der Waals surface area contributed by atoms with Crippen molar-refractivity contribution in [1.82, 2.24) is 5.32 Å². The van der Waals surface area contributed by atoms with Crippen molar-refractivity contribution in [2.24, 2.45) is 0 Å². The van der Waals surface area contributed by atoms with E-state index in [1.165, 1.54) is 12.1 Å². The molecule has 0 amide bonds. The molecule has 0 aromatic heterocycles. The zero-order valence-electron chi connectivity index (χ0n) is 8.63. The smallest absolute Gasteiger partial charge is 0.123 e. The minimum atomic E-state index is -0.280. The van der Waals surface area contributed by atoms with Crippen molar-refractivity contribution in [2.75, 3.05) is 13.2 Å². The number of rotatable bonds is 2. The van der Waals surface area contributed by atoms with E-state index < -0.39 is 0 Å². The molecule has 0 aliphatic carbocycles. The third-order valence-electron chi connectivity index (χ3n) is 2.48. The second-order valence-corrected chi connectivity index (χ2v) is 3.81. The van der Waals surface area contributed by atoms with Gasteiger partial charge < -0.3 is 4.74 Å². The molecule has 1 heterocycles. The van der Waals surface area contributed by atoms with Crippen molar-refractivity contribution in [3.05, 3.63) is 35.6 Å². The molecule has 1 atom stereocenters. The van der Waals surface area contributed by atoms with Gasteiger partial charge in [0.2, 0.25) is 0 Å². The molecule has 1 aliphatic heterocycles. The van der Waals surface area contributed by atoms with Crippen LogP contribution >= 0.6 is 12.4 Å². The molecule has 1 aromatic rings. The number of hydrogen-bond acceptors (Lipinski definition) is 2. The Morgan fingerprint density at radius 2 is 2.07 bits per heavy atom. The summed E-state index contributed by atoms with van der Waals surface area (Å²) in [7, 11) is 0. The van der Waals surface area contributed by atoms with Gasteiger partial charge in [0.1, 0.15) is 11.5 Å². The summed E-state index contributed by atoms with van der Waals surface area (Å²) in [4.78, 5) is 0. The normalized spacial score (nSPS) is 24.9. The molecule has 2 nitrogen and oxygen atoms in total. The fraction of sp³-hybridized carbons (Fsp3) is 0.455. The Labute approximate surface area is 95.2 Å². The largest absolute Gasteiger partial charge is 0.359 e. The van der Waals surface area contributed by atoms with Gasteiger partial charge in [-0.25, -0.2) is 4.39 Å². The van der Waals surface area contributed by atoms with Gasteiger partial charge in [0, 0.05) is 13.0 Å². The number of nitrogens with one attached hydrogen (secondary N) is 1. The highest BCUT2D eigenvalue weighted by molar-refractivity contribution is 5.85. The molecule has 1 aliphatic rings. The summed E-state index contributed by atoms with van der Waals surface area (Å²) < 4.78 is 18.2. The third kappa shape index (κ3) is 3.16. The van der Waals surface area contributed by atoms with E-state index in [2.05, 4.69) is 5.32 Å². The molecular formula is C11H15ClFNO. The second kappa shape index (κ2) is 4.92. The average Bonchev–Trinajstić information content (AvgIpc) is 2.57. The topological polar surface area (TPSA) is 21.3 Å². The van der Waals surface area contributed by atoms with Crippen molar-refractivity contribution in [3.8, 4) is 0 Å². The van der Waals surface area contributed by atoms with Crippen molar-refractivity contribution >= 4 is 12.4 Å². The summed E-state index contributed by atoms with van der Waals surface area (Å²) in [6, 6.07) is 6.55. The van der Waals surface area contributed by atoms with Crippen LogP contribution in [0.5, 0.6) is 0 Å². The molecule has 1 saturated heterocycles. The Bertz CT molecular complexity index is 309. The highest BCUT2D eigenvalue weighted by Gasteiger charge is 2.28. The number of halogens is 2. The fourth-order valence-corrected chi connectivity index (χ4v) is 1.75. The maximum atomic E-state index is 12.6. The minimum Gasteiger partial charge on any atom is -0.359 e. The van der Waals surface area contributed by atoms with Gasteiger partial charge in [-0.05, 0) is 24.6 Å². The second-order valence-electron chi connectivity index (χ2n) is 3.81. The van der Waals surface area contributed by atoms with Gasteiger partial charge in [0.05, 0.1) is 6.61 Å². The number of ether oxygens (including phenoxy) is 1. The maximum Gasteiger partial charge on any atom is 0.123 e. The van der Waals surface area contributed by atoms with E-state index in [1.54, 1.807) is 12.1 Å². The zero-order chi connectivity index (χ0) is 10.0. The zero-order valence-corrected chi connectivity index (χ0v) is 9.44. The van der Waals surface area contributed by atoms with E-state index in [4.69, 9.17) is 4.74 Å². The van der Waals surface area contributed by atoms with Gasteiger partial charge in [-0.2, -0.15) is 0 Å². The molecule has 0 radical (unpaired) electrons. The third-order valence-corrected chi connectivity index (χ3v) is 2.48. The lowest BCUT2D eigenvalue weighted by molar-refractivity contribution is 0.00701. The van der Waals surface area contributed by atoms with Crippen LogP contribution in [0.2, 0.25) is 0 Å². The van der Waals surface area contributed by atoms with Crippen LogP contribution in [0.1, 0.15) is 12.5 Å². The van der Waals surface area contributed by atoms with Crippen LogP contribution in [0.3, 0.4) is 0 Å². The predicted octanol–water partition coefficient (Wildman–Crippen LogP) is 2.13. The molecule has 1 aromatic carbocycles. The SMILES string of the molecule is CC1(Cc2ccc(F)cc2)NCCO1.Cl. The molecular weight excluding hydrogens is 217 g/mol. The number of benzene rings is 1. The van der Waals surface area contributed by atoms with Gasteiger partial charge >= 0.3 is 0 Å². The van der Waals surface area contributed by atoms with Crippen molar-refractivity contribution in [1.29, 1.82) is 0 Å². The van der Waals surface area contributed by atoms with Crippen LogP contribution in [0.15, 0.2) is 24.3 Å². The summed E-state index contributed by atoms with van der Waals surface area (Å²) in [6.07, 6.45) is 0.771. The first-order valence-electron chi connectivity index (χ1n) is 4.81. The lowest BCUT2D eigenvalue weighted by Gasteiger charge is -2.23. The van der Waals surface area contributed by atoms with Crippen LogP contribution in [-0.2, 0) is 11.2 Å². The van der Waals surface area contributed by atoms with Crippen LogP contribution in [0.4, 0.5) is 4.39 Å². The molecule has 2 rings (SSSR count). The molecule has 0 saturated carbocycles. The summed E-state index contributed by atoms with van der Waals surface area (Å²) in [5.74, 6) is -0.195.